The molecule has 5 N–H and O–H groups in total. The van der Waals surface area contributed by atoms with E-state index in [0.29, 0.717) is 0 Å². The predicted molar refractivity (Wildman–Crippen MR) is 73.6 cm³/mol. The molecule has 0 bridgehead atoms. The molecule has 0 heterocycles. The number of aryl methyl sites for hydroxylation is 1. The van der Waals surface area contributed by atoms with Gasteiger partial charge >= 0.3 is 12.0 Å². The lowest BCUT2D eigenvalue weighted by atomic mass is 10.1. The van der Waals surface area contributed by atoms with E-state index in [1.165, 1.54) is 12.1 Å². The van der Waals surface area contributed by atoms with Crippen molar-refractivity contribution >= 4 is 23.6 Å². The lowest BCUT2D eigenvalue weighted by molar-refractivity contribution is -0.118. The summed E-state index contributed by atoms with van der Waals surface area (Å²) in [4.78, 5) is 33.5. The summed E-state index contributed by atoms with van der Waals surface area (Å²) in [5.74, 6) is -1.66. The molecule has 3 amide bonds. The van der Waals surface area contributed by atoms with Crippen molar-refractivity contribution in [2.45, 2.75) is 26.3 Å². The number of carbonyl (C=O) groups excluding carboxylic acids is 2. The second kappa shape index (κ2) is 6.55. The van der Waals surface area contributed by atoms with Crippen molar-refractivity contribution in [3.8, 4) is 0 Å². The van der Waals surface area contributed by atoms with Gasteiger partial charge in [0.1, 0.15) is 0 Å². The zero-order valence-electron chi connectivity index (χ0n) is 11.3. The van der Waals surface area contributed by atoms with Crippen molar-refractivity contribution in [2.24, 2.45) is 5.73 Å². The van der Waals surface area contributed by atoms with Crippen LogP contribution in [0.3, 0.4) is 0 Å². The van der Waals surface area contributed by atoms with Crippen LogP contribution in [0.4, 0.5) is 10.5 Å². The van der Waals surface area contributed by atoms with Crippen LogP contribution in [-0.2, 0) is 4.79 Å². The van der Waals surface area contributed by atoms with Crippen molar-refractivity contribution in [1.82, 2.24) is 5.32 Å². The highest BCUT2D eigenvalue weighted by atomic mass is 16.4. The Bertz CT molecular complexity index is 542. The van der Waals surface area contributed by atoms with Crippen LogP contribution in [-0.4, -0.2) is 29.1 Å². The Hall–Kier alpha value is -2.57. The number of hydrogen-bond acceptors (Lipinski definition) is 3. The van der Waals surface area contributed by atoms with Gasteiger partial charge in [0.25, 0.3) is 0 Å². The quantitative estimate of drug-likeness (QED) is 0.644. The normalized spacial score (nSPS) is 11.5. The van der Waals surface area contributed by atoms with E-state index in [2.05, 4.69) is 10.6 Å². The first-order chi connectivity index (χ1) is 9.29. The van der Waals surface area contributed by atoms with Crippen LogP contribution in [0.15, 0.2) is 18.2 Å². The maximum absolute atomic E-state index is 11.7. The summed E-state index contributed by atoms with van der Waals surface area (Å²) in [5, 5.41) is 14.0. The largest absolute Gasteiger partial charge is 0.478 e. The number of carboxylic acid groups (broad SMARTS) is 1. The van der Waals surface area contributed by atoms with Crippen molar-refractivity contribution < 1.29 is 19.5 Å². The molecule has 0 fully saturated rings. The van der Waals surface area contributed by atoms with Crippen molar-refractivity contribution in [2.75, 3.05) is 5.32 Å². The number of amides is 3. The lowest BCUT2D eigenvalue weighted by Crippen LogP contribution is -2.38. The number of carboxylic acids is 1. The first-order valence-corrected chi connectivity index (χ1v) is 5.99. The maximum Gasteiger partial charge on any atom is 0.337 e. The Labute approximate surface area is 116 Å². The van der Waals surface area contributed by atoms with E-state index in [-0.39, 0.29) is 17.7 Å². The summed E-state index contributed by atoms with van der Waals surface area (Å²) in [6.45, 7) is 3.38. The Morgan fingerprint density at radius 3 is 2.55 bits per heavy atom. The zero-order chi connectivity index (χ0) is 15.3. The maximum atomic E-state index is 11.7. The standard InChI is InChI=1S/C13H17N3O4/c1-7-3-4-10(9(5-7)12(18)19)16-13(20)15-8(2)6-11(14)17/h3-5,8H,6H2,1-2H3,(H2,14,17)(H,18,19)(H2,15,16,20). The Kier molecular flexibility index (Phi) is 5.08. The molecule has 1 atom stereocenters. The summed E-state index contributed by atoms with van der Waals surface area (Å²) in [7, 11) is 0. The number of nitrogens with one attached hydrogen (secondary N) is 2. The molecule has 1 unspecified atom stereocenters. The minimum absolute atomic E-state index is 0.00250. The molecule has 0 aromatic heterocycles. The van der Waals surface area contributed by atoms with Crippen LogP contribution in [0.2, 0.25) is 0 Å². The van der Waals surface area contributed by atoms with Crippen molar-refractivity contribution in [3.63, 3.8) is 0 Å². The minimum atomic E-state index is -1.13. The number of nitrogens with two attached hydrogens (primary N) is 1. The number of rotatable bonds is 5. The Morgan fingerprint density at radius 2 is 2.00 bits per heavy atom. The molecule has 20 heavy (non-hydrogen) atoms. The van der Waals surface area contributed by atoms with Gasteiger partial charge in [-0.15, -0.1) is 0 Å². The third kappa shape index (κ3) is 4.60. The molecule has 0 saturated heterocycles. The molecule has 0 spiro atoms. The molecule has 108 valence electrons. The lowest BCUT2D eigenvalue weighted by Gasteiger charge is -2.14. The second-order valence-corrected chi connectivity index (χ2v) is 4.52. The molecular formula is C13H17N3O4. The smallest absolute Gasteiger partial charge is 0.337 e. The fraction of sp³-hybridized carbons (Fsp3) is 0.308. The van der Waals surface area contributed by atoms with Gasteiger partial charge in [-0.25, -0.2) is 9.59 Å². The van der Waals surface area contributed by atoms with E-state index >= 15 is 0 Å². The topological polar surface area (TPSA) is 122 Å². The fourth-order valence-electron chi connectivity index (χ4n) is 1.68. The SMILES string of the molecule is Cc1ccc(NC(=O)NC(C)CC(N)=O)c(C(=O)O)c1. The molecule has 1 aromatic rings. The van der Waals surface area contributed by atoms with E-state index in [1.807, 2.05) is 0 Å². The van der Waals surface area contributed by atoms with Gasteiger partial charge in [0.15, 0.2) is 0 Å². The molecule has 0 aliphatic rings. The Balaban J connectivity index is 2.76. The van der Waals surface area contributed by atoms with Crippen LogP contribution < -0.4 is 16.4 Å². The number of aromatic carboxylic acids is 1. The van der Waals surface area contributed by atoms with Gasteiger partial charge in [-0.05, 0) is 26.0 Å². The molecule has 0 aliphatic heterocycles. The number of benzene rings is 1. The van der Waals surface area contributed by atoms with E-state index in [1.54, 1.807) is 19.9 Å². The fourth-order valence-corrected chi connectivity index (χ4v) is 1.68. The predicted octanol–water partition coefficient (Wildman–Crippen LogP) is 1.08. The zero-order valence-corrected chi connectivity index (χ0v) is 11.3. The molecular weight excluding hydrogens is 262 g/mol. The molecule has 7 heteroatoms. The van der Waals surface area contributed by atoms with E-state index < -0.39 is 23.9 Å². The number of primary amides is 1. The third-order valence-electron chi connectivity index (χ3n) is 2.54. The number of urea groups is 1. The van der Waals surface area contributed by atoms with Crippen LogP contribution in [0.1, 0.15) is 29.3 Å². The minimum Gasteiger partial charge on any atom is -0.478 e. The highest BCUT2D eigenvalue weighted by Crippen LogP contribution is 2.17. The van der Waals surface area contributed by atoms with Gasteiger partial charge < -0.3 is 21.5 Å². The van der Waals surface area contributed by atoms with Crippen molar-refractivity contribution in [1.29, 1.82) is 0 Å². The summed E-state index contributed by atoms with van der Waals surface area (Å²) < 4.78 is 0. The Morgan fingerprint density at radius 1 is 1.35 bits per heavy atom. The molecule has 0 saturated carbocycles. The van der Waals surface area contributed by atoms with Gasteiger partial charge in [0, 0.05) is 12.5 Å². The average Bonchev–Trinajstić information content (AvgIpc) is 2.29. The van der Waals surface area contributed by atoms with Gasteiger partial charge in [-0.1, -0.05) is 11.6 Å². The second-order valence-electron chi connectivity index (χ2n) is 4.52. The van der Waals surface area contributed by atoms with Gasteiger partial charge in [-0.3, -0.25) is 4.79 Å². The van der Waals surface area contributed by atoms with Crippen LogP contribution in [0.5, 0.6) is 0 Å². The summed E-state index contributed by atoms with van der Waals surface area (Å²) in [6.07, 6.45) is 0.00705. The van der Waals surface area contributed by atoms with Crippen LogP contribution >= 0.6 is 0 Å². The average molecular weight is 279 g/mol. The summed E-state index contributed by atoms with van der Waals surface area (Å²) in [5.41, 5.74) is 5.98. The first-order valence-electron chi connectivity index (χ1n) is 5.99. The number of anilines is 1. The van der Waals surface area contributed by atoms with Crippen molar-refractivity contribution in [3.05, 3.63) is 29.3 Å². The molecule has 1 aromatic carbocycles. The first kappa shape index (κ1) is 15.5. The van der Waals surface area contributed by atoms with Gasteiger partial charge in [-0.2, -0.15) is 0 Å². The van der Waals surface area contributed by atoms with Crippen LogP contribution in [0, 0.1) is 6.92 Å². The molecule has 1 rings (SSSR count). The number of hydrogen-bond donors (Lipinski definition) is 4. The molecule has 0 aliphatic carbocycles. The van der Waals surface area contributed by atoms with E-state index in [4.69, 9.17) is 10.8 Å². The highest BCUT2D eigenvalue weighted by Gasteiger charge is 2.14. The molecule has 0 radical (unpaired) electrons. The van der Waals surface area contributed by atoms with E-state index in [0.717, 1.165) is 5.56 Å². The summed E-state index contributed by atoms with van der Waals surface area (Å²) >= 11 is 0. The molecule has 7 nitrogen and oxygen atoms in total. The monoisotopic (exact) mass is 279 g/mol. The van der Waals surface area contributed by atoms with Gasteiger partial charge in [0.2, 0.25) is 5.91 Å². The number of carbonyl (C=O) groups is 3. The highest BCUT2D eigenvalue weighted by molar-refractivity contribution is 6.00. The van der Waals surface area contributed by atoms with Gasteiger partial charge in [0.05, 0.1) is 11.3 Å². The van der Waals surface area contributed by atoms with E-state index in [9.17, 15) is 14.4 Å². The summed E-state index contributed by atoms with van der Waals surface area (Å²) in [6, 6.07) is 3.63. The van der Waals surface area contributed by atoms with Crippen LogP contribution in [0.25, 0.3) is 0 Å². The third-order valence-corrected chi connectivity index (χ3v) is 2.54.